The first-order valence-corrected chi connectivity index (χ1v) is 8.66. The fourth-order valence-electron chi connectivity index (χ4n) is 4.46. The molecule has 3 aliphatic rings. The van der Waals surface area contributed by atoms with Crippen molar-refractivity contribution in [1.29, 1.82) is 0 Å². The fourth-order valence-corrected chi connectivity index (χ4v) is 4.46. The largest absolute Gasteiger partial charge is 0.381 e. The zero-order valence-corrected chi connectivity index (χ0v) is 13.3. The Bertz CT molecular complexity index is 365. The first-order valence-electron chi connectivity index (χ1n) is 8.66. The summed E-state index contributed by atoms with van der Waals surface area (Å²) >= 11 is 0. The third-order valence-electron chi connectivity index (χ3n) is 6.03. The molecule has 3 saturated heterocycles. The molecule has 120 valence electrons. The molecule has 0 radical (unpaired) electrons. The van der Waals surface area contributed by atoms with E-state index in [-0.39, 0.29) is 16.9 Å². The van der Waals surface area contributed by atoms with Crippen molar-refractivity contribution in [3.63, 3.8) is 0 Å². The average molecular weight is 295 g/mol. The zero-order chi connectivity index (χ0) is 14.8. The van der Waals surface area contributed by atoms with Crippen LogP contribution in [0.5, 0.6) is 0 Å². The smallest absolute Gasteiger partial charge is 0.142 e. The molecule has 0 aromatic carbocycles. The monoisotopic (exact) mass is 295 g/mol. The number of Topliss-reactive ketones (excluding diaryl/α,β-unsaturated/α-hetero) is 1. The standard InChI is InChI=1S/C17H29NO3/c1-2-16(4-8-18-9-5-16)15(19)14-3-10-21-17(13-14)6-11-20-12-7-17/h14,18H,2-13H2,1H3. The van der Waals surface area contributed by atoms with E-state index in [1.165, 1.54) is 0 Å². The molecular weight excluding hydrogens is 266 g/mol. The van der Waals surface area contributed by atoms with Crippen LogP contribution < -0.4 is 5.32 Å². The SMILES string of the molecule is CCC1(C(=O)C2CCOC3(CCOCC3)C2)CCNCC1. The highest BCUT2D eigenvalue weighted by Gasteiger charge is 2.46. The van der Waals surface area contributed by atoms with Gasteiger partial charge in [0, 0.05) is 31.2 Å². The molecule has 3 heterocycles. The lowest BCUT2D eigenvalue weighted by atomic mass is 9.66. The number of piperidine rings is 1. The molecule has 3 aliphatic heterocycles. The highest BCUT2D eigenvalue weighted by Crippen LogP contribution is 2.43. The van der Waals surface area contributed by atoms with Gasteiger partial charge in [0.2, 0.25) is 0 Å². The Morgan fingerprint density at radius 2 is 1.86 bits per heavy atom. The lowest BCUT2D eigenvalue weighted by Gasteiger charge is -2.46. The number of rotatable bonds is 3. The Morgan fingerprint density at radius 1 is 1.14 bits per heavy atom. The van der Waals surface area contributed by atoms with E-state index < -0.39 is 0 Å². The van der Waals surface area contributed by atoms with Crippen molar-refractivity contribution in [2.45, 2.75) is 57.5 Å². The summed E-state index contributed by atoms with van der Waals surface area (Å²) in [5, 5.41) is 3.40. The minimum atomic E-state index is -0.0708. The highest BCUT2D eigenvalue weighted by molar-refractivity contribution is 5.87. The normalized spacial score (nSPS) is 32.0. The summed E-state index contributed by atoms with van der Waals surface area (Å²) in [4.78, 5) is 13.2. The van der Waals surface area contributed by atoms with Gasteiger partial charge < -0.3 is 14.8 Å². The summed E-state index contributed by atoms with van der Waals surface area (Å²) in [7, 11) is 0. The molecule has 4 heteroatoms. The van der Waals surface area contributed by atoms with Crippen LogP contribution in [-0.4, -0.2) is 44.3 Å². The van der Waals surface area contributed by atoms with Crippen LogP contribution in [0.1, 0.15) is 51.9 Å². The van der Waals surface area contributed by atoms with E-state index >= 15 is 0 Å². The van der Waals surface area contributed by atoms with Gasteiger partial charge in [-0.25, -0.2) is 0 Å². The second-order valence-electron chi connectivity index (χ2n) is 7.08. The van der Waals surface area contributed by atoms with Crippen LogP contribution >= 0.6 is 0 Å². The van der Waals surface area contributed by atoms with E-state index in [9.17, 15) is 4.79 Å². The molecule has 0 aliphatic carbocycles. The molecule has 0 saturated carbocycles. The van der Waals surface area contributed by atoms with E-state index in [2.05, 4.69) is 12.2 Å². The number of ketones is 1. The van der Waals surface area contributed by atoms with Crippen LogP contribution in [-0.2, 0) is 14.3 Å². The van der Waals surface area contributed by atoms with Gasteiger partial charge in [-0.2, -0.15) is 0 Å². The van der Waals surface area contributed by atoms with Crippen molar-refractivity contribution in [3.05, 3.63) is 0 Å². The number of carbonyl (C=O) groups is 1. The van der Waals surface area contributed by atoms with Crippen LogP contribution in [0.25, 0.3) is 0 Å². The second-order valence-corrected chi connectivity index (χ2v) is 7.08. The molecule has 0 aromatic rings. The van der Waals surface area contributed by atoms with Crippen molar-refractivity contribution < 1.29 is 14.3 Å². The molecule has 3 fully saturated rings. The number of hydrogen-bond acceptors (Lipinski definition) is 4. The fraction of sp³-hybridized carbons (Fsp3) is 0.941. The highest BCUT2D eigenvalue weighted by atomic mass is 16.5. The molecule has 4 nitrogen and oxygen atoms in total. The van der Waals surface area contributed by atoms with E-state index in [0.717, 1.165) is 77.9 Å². The number of nitrogens with one attached hydrogen (secondary N) is 1. The summed E-state index contributed by atoms with van der Waals surface area (Å²) in [5.74, 6) is 0.732. The molecule has 21 heavy (non-hydrogen) atoms. The third kappa shape index (κ3) is 3.03. The van der Waals surface area contributed by atoms with Crippen LogP contribution in [0.3, 0.4) is 0 Å². The van der Waals surface area contributed by atoms with E-state index in [0.29, 0.717) is 5.78 Å². The third-order valence-corrected chi connectivity index (χ3v) is 6.03. The average Bonchev–Trinajstić information content (AvgIpc) is 2.55. The number of hydrogen-bond donors (Lipinski definition) is 1. The Kier molecular flexibility index (Phi) is 4.67. The molecule has 0 amide bonds. The van der Waals surface area contributed by atoms with Crippen molar-refractivity contribution in [2.24, 2.45) is 11.3 Å². The minimum absolute atomic E-state index is 0.0698. The molecule has 3 rings (SSSR count). The quantitative estimate of drug-likeness (QED) is 0.868. The van der Waals surface area contributed by atoms with Crippen molar-refractivity contribution in [3.8, 4) is 0 Å². The molecule has 0 aromatic heterocycles. The maximum atomic E-state index is 13.2. The maximum absolute atomic E-state index is 13.2. The van der Waals surface area contributed by atoms with E-state index in [1.807, 2.05) is 0 Å². The van der Waals surface area contributed by atoms with Crippen LogP contribution in [0, 0.1) is 11.3 Å². The molecule has 0 bridgehead atoms. The molecule has 1 spiro atoms. The summed E-state index contributed by atoms with van der Waals surface area (Å²) in [5.41, 5.74) is -0.141. The maximum Gasteiger partial charge on any atom is 0.142 e. The van der Waals surface area contributed by atoms with Crippen molar-refractivity contribution in [1.82, 2.24) is 5.32 Å². The van der Waals surface area contributed by atoms with Gasteiger partial charge in [-0.3, -0.25) is 4.79 Å². The van der Waals surface area contributed by atoms with Gasteiger partial charge in [0.15, 0.2) is 0 Å². The Hall–Kier alpha value is -0.450. The predicted molar refractivity (Wildman–Crippen MR) is 81.3 cm³/mol. The van der Waals surface area contributed by atoms with Gasteiger partial charge >= 0.3 is 0 Å². The zero-order valence-electron chi connectivity index (χ0n) is 13.3. The summed E-state index contributed by atoms with van der Waals surface area (Å²) < 4.78 is 11.6. The van der Waals surface area contributed by atoms with Gasteiger partial charge in [-0.05, 0) is 58.0 Å². The molecule has 1 unspecified atom stereocenters. The topological polar surface area (TPSA) is 47.6 Å². The summed E-state index contributed by atoms with van der Waals surface area (Å²) in [6, 6.07) is 0. The molecule has 1 N–H and O–H groups in total. The summed E-state index contributed by atoms with van der Waals surface area (Å²) in [6.45, 7) is 6.47. The second kappa shape index (κ2) is 6.35. The lowest BCUT2D eigenvalue weighted by molar-refractivity contribution is -0.163. The van der Waals surface area contributed by atoms with Crippen molar-refractivity contribution in [2.75, 3.05) is 32.9 Å². The Morgan fingerprint density at radius 3 is 2.52 bits per heavy atom. The van der Waals surface area contributed by atoms with Crippen molar-refractivity contribution >= 4 is 5.78 Å². The van der Waals surface area contributed by atoms with E-state index in [4.69, 9.17) is 9.47 Å². The first-order chi connectivity index (χ1) is 10.2. The van der Waals surface area contributed by atoms with Gasteiger partial charge in [-0.15, -0.1) is 0 Å². The lowest BCUT2D eigenvalue weighted by Crippen LogP contribution is -2.50. The van der Waals surface area contributed by atoms with Gasteiger partial charge in [0.05, 0.1) is 5.60 Å². The van der Waals surface area contributed by atoms with Crippen LogP contribution in [0.4, 0.5) is 0 Å². The van der Waals surface area contributed by atoms with Crippen LogP contribution in [0.2, 0.25) is 0 Å². The van der Waals surface area contributed by atoms with Gasteiger partial charge in [0.25, 0.3) is 0 Å². The number of carbonyl (C=O) groups excluding carboxylic acids is 1. The van der Waals surface area contributed by atoms with Gasteiger partial charge in [0.1, 0.15) is 5.78 Å². The minimum Gasteiger partial charge on any atom is -0.381 e. The molecule has 1 atom stereocenters. The van der Waals surface area contributed by atoms with Crippen LogP contribution in [0.15, 0.2) is 0 Å². The Balaban J connectivity index is 1.71. The summed E-state index contributed by atoms with van der Waals surface area (Å²) in [6.07, 6.45) is 6.75. The van der Waals surface area contributed by atoms with Gasteiger partial charge in [-0.1, -0.05) is 6.92 Å². The number of ether oxygens (including phenoxy) is 2. The Labute approximate surface area is 127 Å². The first kappa shape index (κ1) is 15.4. The molecular formula is C17H29NO3. The van der Waals surface area contributed by atoms with E-state index in [1.54, 1.807) is 0 Å². The predicted octanol–water partition coefficient (Wildman–Crippen LogP) is 2.31.